The van der Waals surface area contributed by atoms with E-state index in [4.69, 9.17) is 5.73 Å². The number of carbonyl (C=O) groups excluding carboxylic acids is 1. The van der Waals surface area contributed by atoms with Gasteiger partial charge in [0.25, 0.3) is 5.91 Å². The van der Waals surface area contributed by atoms with Crippen molar-refractivity contribution in [2.24, 2.45) is 0 Å². The standard InChI is InChI=1S/C15H20N2OS2/c1-4-10(9-19-3)17(2)15(18)14-13(16)11-7-5-6-8-12(11)20-14/h5-8,10H,4,9,16H2,1-3H3. The van der Waals surface area contributed by atoms with Crippen molar-refractivity contribution < 1.29 is 4.79 Å². The predicted octanol–water partition coefficient (Wildman–Crippen LogP) is 3.70. The Balaban J connectivity index is 2.33. The highest BCUT2D eigenvalue weighted by atomic mass is 32.2. The molecule has 0 fully saturated rings. The lowest BCUT2D eigenvalue weighted by molar-refractivity contribution is 0.0749. The smallest absolute Gasteiger partial charge is 0.266 e. The van der Waals surface area contributed by atoms with Gasteiger partial charge in [-0.05, 0) is 18.7 Å². The average Bonchev–Trinajstić information content (AvgIpc) is 2.81. The van der Waals surface area contributed by atoms with Gasteiger partial charge in [0.2, 0.25) is 0 Å². The number of fused-ring (bicyclic) bond motifs is 1. The number of benzene rings is 1. The number of nitrogens with zero attached hydrogens (tertiary/aromatic N) is 1. The summed E-state index contributed by atoms with van der Waals surface area (Å²) >= 11 is 3.25. The van der Waals surface area contributed by atoms with Crippen LogP contribution < -0.4 is 5.73 Å². The molecule has 1 aromatic heterocycles. The summed E-state index contributed by atoms with van der Waals surface area (Å²) in [6, 6.07) is 8.15. The second kappa shape index (κ2) is 6.50. The first-order chi connectivity index (χ1) is 9.60. The zero-order valence-electron chi connectivity index (χ0n) is 12.1. The highest BCUT2D eigenvalue weighted by Crippen LogP contribution is 2.34. The van der Waals surface area contributed by atoms with Crippen molar-refractivity contribution in [2.45, 2.75) is 19.4 Å². The number of nitrogen functional groups attached to an aromatic ring is 1. The Labute approximate surface area is 128 Å². The summed E-state index contributed by atoms with van der Waals surface area (Å²) in [5.41, 5.74) is 6.76. The molecule has 1 aromatic carbocycles. The van der Waals surface area contributed by atoms with Gasteiger partial charge in [-0.2, -0.15) is 11.8 Å². The van der Waals surface area contributed by atoms with Crippen molar-refractivity contribution in [3.05, 3.63) is 29.1 Å². The quantitative estimate of drug-likeness (QED) is 0.916. The third-order valence-electron chi connectivity index (χ3n) is 3.53. The van der Waals surface area contributed by atoms with Crippen molar-refractivity contribution in [2.75, 3.05) is 24.8 Å². The Morgan fingerprint density at radius 3 is 2.75 bits per heavy atom. The van der Waals surface area contributed by atoms with Crippen LogP contribution in [0.1, 0.15) is 23.0 Å². The maximum Gasteiger partial charge on any atom is 0.266 e. The fraction of sp³-hybridized carbons (Fsp3) is 0.400. The summed E-state index contributed by atoms with van der Waals surface area (Å²) in [5.74, 6) is 0.980. The molecule has 2 aromatic rings. The molecule has 0 bridgehead atoms. The molecular weight excluding hydrogens is 288 g/mol. The Kier molecular flexibility index (Phi) is 4.94. The molecule has 1 atom stereocenters. The van der Waals surface area contributed by atoms with Gasteiger partial charge in [-0.1, -0.05) is 25.1 Å². The molecule has 0 radical (unpaired) electrons. The van der Waals surface area contributed by atoms with Crippen LogP contribution in [0.4, 0.5) is 5.69 Å². The van der Waals surface area contributed by atoms with Gasteiger partial charge in [-0.25, -0.2) is 0 Å². The molecule has 20 heavy (non-hydrogen) atoms. The molecule has 2 N–H and O–H groups in total. The average molecular weight is 308 g/mol. The fourth-order valence-electron chi connectivity index (χ4n) is 2.25. The lowest BCUT2D eigenvalue weighted by Gasteiger charge is -2.26. The van der Waals surface area contributed by atoms with Gasteiger partial charge in [0.1, 0.15) is 4.88 Å². The molecule has 0 saturated carbocycles. The monoisotopic (exact) mass is 308 g/mol. The largest absolute Gasteiger partial charge is 0.397 e. The number of thioether (sulfide) groups is 1. The van der Waals surface area contributed by atoms with E-state index < -0.39 is 0 Å². The molecule has 0 saturated heterocycles. The van der Waals surface area contributed by atoms with E-state index in [2.05, 4.69) is 13.2 Å². The Hall–Kier alpha value is -1.20. The summed E-state index contributed by atoms with van der Waals surface area (Å²) in [4.78, 5) is 15.1. The zero-order valence-corrected chi connectivity index (χ0v) is 13.7. The summed E-state index contributed by atoms with van der Waals surface area (Å²) in [5, 5.41) is 0.979. The molecule has 5 heteroatoms. The van der Waals surface area contributed by atoms with Gasteiger partial charge < -0.3 is 10.6 Å². The molecule has 0 aliphatic heterocycles. The third-order valence-corrected chi connectivity index (χ3v) is 5.42. The Bertz CT molecular complexity index is 609. The number of carbonyl (C=O) groups is 1. The lowest BCUT2D eigenvalue weighted by Crippen LogP contribution is -2.38. The van der Waals surface area contributed by atoms with Crippen molar-refractivity contribution in [1.29, 1.82) is 0 Å². The second-order valence-corrected chi connectivity index (χ2v) is 6.74. The van der Waals surface area contributed by atoms with Crippen LogP contribution in [-0.4, -0.2) is 35.9 Å². The van der Waals surface area contributed by atoms with Crippen molar-refractivity contribution in [3.8, 4) is 0 Å². The molecule has 3 nitrogen and oxygen atoms in total. The van der Waals surface area contributed by atoms with Crippen molar-refractivity contribution >= 4 is 44.8 Å². The van der Waals surface area contributed by atoms with Crippen molar-refractivity contribution in [3.63, 3.8) is 0 Å². The first-order valence-corrected chi connectivity index (χ1v) is 8.84. The van der Waals surface area contributed by atoms with E-state index in [0.717, 1.165) is 22.3 Å². The van der Waals surface area contributed by atoms with Crippen LogP contribution in [0.15, 0.2) is 24.3 Å². The Morgan fingerprint density at radius 1 is 1.45 bits per heavy atom. The first-order valence-electron chi connectivity index (χ1n) is 6.63. The third kappa shape index (κ3) is 2.79. The van der Waals surface area contributed by atoms with Gasteiger partial charge in [-0.15, -0.1) is 11.3 Å². The predicted molar refractivity (Wildman–Crippen MR) is 90.8 cm³/mol. The van der Waals surface area contributed by atoms with E-state index in [1.54, 1.807) is 11.8 Å². The number of rotatable bonds is 5. The number of anilines is 1. The van der Waals surface area contributed by atoms with E-state index >= 15 is 0 Å². The molecule has 0 aliphatic carbocycles. The maximum atomic E-state index is 12.7. The van der Waals surface area contributed by atoms with Gasteiger partial charge in [0.15, 0.2) is 0 Å². The molecule has 0 aliphatic rings. The molecule has 1 unspecified atom stereocenters. The normalized spacial score (nSPS) is 12.6. The molecule has 2 rings (SSSR count). The molecule has 1 amide bonds. The van der Waals surface area contributed by atoms with Crippen LogP contribution in [0.2, 0.25) is 0 Å². The minimum atomic E-state index is 0.0320. The summed E-state index contributed by atoms with van der Waals surface area (Å²) < 4.78 is 1.07. The van der Waals surface area contributed by atoms with E-state index in [1.807, 2.05) is 36.2 Å². The molecule has 0 spiro atoms. The van der Waals surface area contributed by atoms with E-state index in [9.17, 15) is 4.79 Å². The number of nitrogens with two attached hydrogens (primary N) is 1. The van der Waals surface area contributed by atoms with E-state index in [0.29, 0.717) is 10.6 Å². The topological polar surface area (TPSA) is 46.3 Å². The molecule has 108 valence electrons. The number of hydrogen-bond donors (Lipinski definition) is 1. The van der Waals surface area contributed by atoms with Crippen LogP contribution in [0.3, 0.4) is 0 Å². The summed E-state index contributed by atoms with van der Waals surface area (Å²) in [6.07, 6.45) is 3.02. The van der Waals surface area contributed by atoms with Crippen LogP contribution in [0.25, 0.3) is 10.1 Å². The second-order valence-electron chi connectivity index (χ2n) is 4.77. The first kappa shape index (κ1) is 15.2. The highest BCUT2D eigenvalue weighted by Gasteiger charge is 2.23. The SMILES string of the molecule is CCC(CSC)N(C)C(=O)c1sc2ccccc2c1N. The van der Waals surface area contributed by atoms with Gasteiger partial charge in [0.05, 0.1) is 5.69 Å². The van der Waals surface area contributed by atoms with Crippen molar-refractivity contribution in [1.82, 2.24) is 4.90 Å². The van der Waals surface area contributed by atoms with Gasteiger partial charge >= 0.3 is 0 Å². The number of thiophene rings is 1. The lowest BCUT2D eigenvalue weighted by atomic mass is 10.2. The van der Waals surface area contributed by atoms with Crippen LogP contribution in [-0.2, 0) is 0 Å². The van der Waals surface area contributed by atoms with E-state index in [1.165, 1.54) is 11.3 Å². The van der Waals surface area contributed by atoms with Crippen LogP contribution in [0.5, 0.6) is 0 Å². The number of amides is 1. The number of hydrogen-bond acceptors (Lipinski definition) is 4. The van der Waals surface area contributed by atoms with Gasteiger partial charge in [0, 0.05) is 28.9 Å². The zero-order chi connectivity index (χ0) is 14.7. The molecular formula is C15H20N2OS2. The summed E-state index contributed by atoms with van der Waals surface area (Å²) in [7, 11) is 1.87. The van der Waals surface area contributed by atoms with E-state index in [-0.39, 0.29) is 11.9 Å². The summed E-state index contributed by atoms with van der Waals surface area (Å²) in [6.45, 7) is 2.11. The highest BCUT2D eigenvalue weighted by molar-refractivity contribution is 7.98. The maximum absolute atomic E-state index is 12.7. The fourth-order valence-corrected chi connectivity index (χ4v) is 4.20. The Morgan fingerprint density at radius 2 is 2.15 bits per heavy atom. The van der Waals surface area contributed by atoms with Crippen LogP contribution >= 0.6 is 23.1 Å². The van der Waals surface area contributed by atoms with Gasteiger partial charge in [-0.3, -0.25) is 4.79 Å². The van der Waals surface area contributed by atoms with Crippen LogP contribution in [0, 0.1) is 0 Å². The minimum Gasteiger partial charge on any atom is -0.397 e. The minimum absolute atomic E-state index is 0.0320. The molecule has 1 heterocycles.